The van der Waals surface area contributed by atoms with Crippen LogP contribution in [0.2, 0.25) is 0 Å². The molecule has 33 heavy (non-hydrogen) atoms. The lowest BCUT2D eigenvalue weighted by molar-refractivity contribution is -0.127. The second kappa shape index (κ2) is 8.82. The number of hydrogen-bond donors (Lipinski definition) is 0. The minimum absolute atomic E-state index is 0.0244. The maximum atomic E-state index is 12.0. The average Bonchev–Trinajstić information content (AvgIpc) is 3.53. The van der Waals surface area contributed by atoms with Crippen LogP contribution in [-0.4, -0.2) is 53.4 Å². The van der Waals surface area contributed by atoms with E-state index in [2.05, 4.69) is 38.9 Å². The largest absolute Gasteiger partial charge is 0.337 e. The third-order valence-electron chi connectivity index (χ3n) is 6.00. The number of hydrogen-bond acceptors (Lipinski definition) is 5. The molecule has 5 rings (SSSR count). The molecule has 0 radical (unpaired) electrons. The van der Waals surface area contributed by atoms with Crippen LogP contribution in [0.5, 0.6) is 0 Å². The molecule has 1 unspecified atom stereocenters. The molecule has 1 amide bonds. The smallest absolute Gasteiger partial charge is 0.246 e. The molecular weight excluding hydrogens is 414 g/mol. The molecule has 8 heteroatoms. The van der Waals surface area contributed by atoms with Crippen molar-refractivity contribution in [2.75, 3.05) is 13.1 Å². The fourth-order valence-corrected chi connectivity index (χ4v) is 4.22. The summed E-state index contributed by atoms with van der Waals surface area (Å²) >= 11 is 0. The highest BCUT2D eigenvalue weighted by Gasteiger charge is 2.24. The van der Waals surface area contributed by atoms with Gasteiger partial charge >= 0.3 is 0 Å². The molecular formula is C25H25N7O. The molecule has 8 nitrogen and oxygen atoms in total. The predicted octanol–water partition coefficient (Wildman–Crippen LogP) is 3.76. The van der Waals surface area contributed by atoms with Gasteiger partial charge in [-0.05, 0) is 30.5 Å². The average molecular weight is 440 g/mol. The minimum atomic E-state index is -0.0244. The van der Waals surface area contributed by atoms with Crippen LogP contribution in [-0.2, 0) is 11.8 Å². The van der Waals surface area contributed by atoms with Crippen molar-refractivity contribution in [3.05, 3.63) is 74.1 Å². The van der Waals surface area contributed by atoms with E-state index < -0.39 is 0 Å². The van der Waals surface area contributed by atoms with Gasteiger partial charge in [0.2, 0.25) is 5.91 Å². The molecule has 1 aromatic carbocycles. The van der Waals surface area contributed by atoms with Crippen molar-refractivity contribution >= 4 is 5.91 Å². The first-order valence-electron chi connectivity index (χ1n) is 11.0. The van der Waals surface area contributed by atoms with Crippen molar-refractivity contribution in [3.8, 4) is 33.6 Å². The van der Waals surface area contributed by atoms with Gasteiger partial charge < -0.3 is 4.90 Å². The number of likely N-dealkylation sites (tertiary alicyclic amines) is 1. The molecule has 0 spiro atoms. The zero-order valence-electron chi connectivity index (χ0n) is 18.5. The van der Waals surface area contributed by atoms with Gasteiger partial charge in [0.1, 0.15) is 0 Å². The lowest BCUT2D eigenvalue weighted by Gasteiger charge is -2.32. The van der Waals surface area contributed by atoms with Crippen LogP contribution in [0.1, 0.15) is 18.9 Å². The number of rotatable bonds is 5. The Kier molecular flexibility index (Phi) is 5.56. The SMILES string of the molecule is C=CC(=O)N1CCCC(n2cc(-c3cnc(-c4cccc(-c5cnn(C)c5)c4)nc3)cn2)C1. The van der Waals surface area contributed by atoms with Crippen LogP contribution in [0.15, 0.2) is 74.1 Å². The Morgan fingerprint density at radius 3 is 2.52 bits per heavy atom. The van der Waals surface area contributed by atoms with E-state index >= 15 is 0 Å². The van der Waals surface area contributed by atoms with E-state index in [1.54, 1.807) is 4.68 Å². The fraction of sp³-hybridized carbons (Fsp3) is 0.240. The van der Waals surface area contributed by atoms with Gasteiger partial charge in [0, 0.05) is 67.2 Å². The van der Waals surface area contributed by atoms with Crippen LogP contribution in [0.4, 0.5) is 0 Å². The topological polar surface area (TPSA) is 81.7 Å². The summed E-state index contributed by atoms with van der Waals surface area (Å²) in [6.07, 6.45) is 14.6. The summed E-state index contributed by atoms with van der Waals surface area (Å²) in [5.41, 5.74) is 4.94. The molecule has 166 valence electrons. The Bertz CT molecular complexity index is 1290. The van der Waals surface area contributed by atoms with Crippen LogP contribution in [0, 0.1) is 0 Å². The van der Waals surface area contributed by atoms with Gasteiger partial charge in [0.15, 0.2) is 5.82 Å². The molecule has 4 aromatic rings. The Morgan fingerprint density at radius 2 is 1.76 bits per heavy atom. The second-order valence-electron chi connectivity index (χ2n) is 8.27. The summed E-state index contributed by atoms with van der Waals surface area (Å²) in [4.78, 5) is 23.0. The maximum absolute atomic E-state index is 12.0. The van der Waals surface area contributed by atoms with E-state index in [1.165, 1.54) is 6.08 Å². The zero-order chi connectivity index (χ0) is 22.8. The second-order valence-corrected chi connectivity index (χ2v) is 8.27. The van der Waals surface area contributed by atoms with Crippen LogP contribution >= 0.6 is 0 Å². The summed E-state index contributed by atoms with van der Waals surface area (Å²) in [5, 5.41) is 8.80. The summed E-state index contributed by atoms with van der Waals surface area (Å²) in [6, 6.07) is 8.30. The van der Waals surface area contributed by atoms with Gasteiger partial charge in [0.25, 0.3) is 0 Å². The summed E-state index contributed by atoms with van der Waals surface area (Å²) < 4.78 is 3.73. The summed E-state index contributed by atoms with van der Waals surface area (Å²) in [5.74, 6) is 0.645. The van der Waals surface area contributed by atoms with E-state index in [-0.39, 0.29) is 11.9 Å². The zero-order valence-corrected chi connectivity index (χ0v) is 18.5. The van der Waals surface area contributed by atoms with E-state index in [4.69, 9.17) is 0 Å². The normalized spacial score (nSPS) is 16.0. The minimum Gasteiger partial charge on any atom is -0.337 e. The molecule has 0 saturated carbocycles. The lowest BCUT2D eigenvalue weighted by Crippen LogP contribution is -2.39. The molecule has 1 aliphatic heterocycles. The number of benzene rings is 1. The van der Waals surface area contributed by atoms with Crippen molar-refractivity contribution in [1.29, 1.82) is 0 Å². The molecule has 1 aliphatic rings. The number of piperidine rings is 1. The molecule has 3 aromatic heterocycles. The van der Waals surface area contributed by atoms with Gasteiger partial charge in [-0.25, -0.2) is 9.97 Å². The van der Waals surface area contributed by atoms with Crippen LogP contribution in [0.3, 0.4) is 0 Å². The van der Waals surface area contributed by atoms with Gasteiger partial charge in [-0.15, -0.1) is 0 Å². The number of amides is 1. The molecule has 0 aliphatic carbocycles. The van der Waals surface area contributed by atoms with Crippen molar-refractivity contribution in [2.24, 2.45) is 7.05 Å². The first kappa shape index (κ1) is 20.8. The van der Waals surface area contributed by atoms with Crippen molar-refractivity contribution < 1.29 is 4.79 Å². The highest BCUT2D eigenvalue weighted by Crippen LogP contribution is 2.27. The molecule has 1 atom stereocenters. The van der Waals surface area contributed by atoms with Crippen LogP contribution in [0.25, 0.3) is 33.6 Å². The lowest BCUT2D eigenvalue weighted by atomic mass is 10.1. The summed E-state index contributed by atoms with van der Waals surface area (Å²) in [6.45, 7) is 5.01. The highest BCUT2D eigenvalue weighted by molar-refractivity contribution is 5.87. The Hall–Kier alpha value is -4.07. The van der Waals surface area contributed by atoms with Crippen LogP contribution < -0.4 is 0 Å². The highest BCUT2D eigenvalue weighted by atomic mass is 16.2. The molecule has 1 fully saturated rings. The number of carbonyl (C=O) groups is 1. The van der Waals surface area contributed by atoms with Crippen molar-refractivity contribution in [2.45, 2.75) is 18.9 Å². The number of carbonyl (C=O) groups excluding carboxylic acids is 1. The Labute approximate surface area is 192 Å². The molecule has 0 N–H and O–H groups in total. The van der Waals surface area contributed by atoms with Crippen molar-refractivity contribution in [1.82, 2.24) is 34.4 Å². The summed E-state index contributed by atoms with van der Waals surface area (Å²) in [7, 11) is 1.91. The molecule has 1 saturated heterocycles. The first-order chi connectivity index (χ1) is 16.1. The van der Waals surface area contributed by atoms with E-state index in [1.807, 2.05) is 65.9 Å². The standard InChI is InChI=1S/C25H25N7O/c1-3-24(33)31-9-5-8-23(17-31)32-16-22(14-29-32)20-11-26-25(27-12-20)19-7-4-6-18(10-19)21-13-28-30(2)15-21/h3-4,6-7,10-16,23H,1,5,8-9,17H2,2H3. The van der Waals surface area contributed by atoms with Gasteiger partial charge in [-0.2, -0.15) is 10.2 Å². The number of nitrogens with zero attached hydrogens (tertiary/aromatic N) is 7. The number of aromatic nitrogens is 6. The monoisotopic (exact) mass is 439 g/mol. The first-order valence-corrected chi connectivity index (χ1v) is 11.0. The fourth-order valence-electron chi connectivity index (χ4n) is 4.22. The molecule has 0 bridgehead atoms. The number of aryl methyl sites for hydroxylation is 1. The maximum Gasteiger partial charge on any atom is 0.246 e. The van der Waals surface area contributed by atoms with E-state index in [9.17, 15) is 4.79 Å². The van der Waals surface area contributed by atoms with E-state index in [0.29, 0.717) is 12.4 Å². The van der Waals surface area contributed by atoms with Gasteiger partial charge in [-0.1, -0.05) is 24.8 Å². The third kappa shape index (κ3) is 4.32. The Morgan fingerprint density at radius 1 is 1.00 bits per heavy atom. The van der Waals surface area contributed by atoms with Gasteiger partial charge in [0.05, 0.1) is 18.4 Å². The van der Waals surface area contributed by atoms with E-state index in [0.717, 1.165) is 47.2 Å². The molecule has 4 heterocycles. The quantitative estimate of drug-likeness (QED) is 0.442. The third-order valence-corrected chi connectivity index (χ3v) is 6.00. The van der Waals surface area contributed by atoms with Gasteiger partial charge in [-0.3, -0.25) is 14.2 Å². The van der Waals surface area contributed by atoms with Crippen molar-refractivity contribution in [3.63, 3.8) is 0 Å². The Balaban J connectivity index is 1.33. The predicted molar refractivity (Wildman–Crippen MR) is 126 cm³/mol.